The molecule has 1 amide bonds. The lowest BCUT2D eigenvalue weighted by Gasteiger charge is -2.18. The van der Waals surface area contributed by atoms with Crippen LogP contribution in [-0.2, 0) is 4.79 Å². The predicted octanol–water partition coefficient (Wildman–Crippen LogP) is 2.82. The summed E-state index contributed by atoms with van der Waals surface area (Å²) in [6.45, 7) is 5.62. The highest BCUT2D eigenvalue weighted by atomic mass is 79.9. The van der Waals surface area contributed by atoms with Gasteiger partial charge in [0.05, 0.1) is 0 Å². The number of amides is 1. The molecular weight excluding hydrogens is 268 g/mol. The second kappa shape index (κ2) is 4.97. The molecule has 0 heterocycles. The van der Waals surface area contributed by atoms with Gasteiger partial charge in [-0.15, -0.1) is 0 Å². The van der Waals surface area contributed by atoms with Gasteiger partial charge >= 0.3 is 0 Å². The Morgan fingerprint density at radius 3 is 2.69 bits per heavy atom. The van der Waals surface area contributed by atoms with Crippen molar-refractivity contribution < 1.29 is 4.79 Å². The van der Waals surface area contributed by atoms with Crippen LogP contribution in [0.4, 0.5) is 5.69 Å². The third-order valence-corrected chi connectivity index (χ3v) is 3.02. The first kappa shape index (κ1) is 13.2. The summed E-state index contributed by atoms with van der Waals surface area (Å²) in [5.41, 5.74) is 7.15. The summed E-state index contributed by atoms with van der Waals surface area (Å²) in [6, 6.07) is 5.71. The third kappa shape index (κ3) is 3.94. The molecule has 0 aromatic heterocycles. The summed E-state index contributed by atoms with van der Waals surface area (Å²) in [6.07, 6.45) is 0.305. The molecule has 4 heteroatoms. The van der Waals surface area contributed by atoms with E-state index in [1.807, 2.05) is 39.0 Å². The number of hydrogen-bond acceptors (Lipinski definition) is 2. The number of nitrogens with two attached hydrogens (primary N) is 1. The Morgan fingerprint density at radius 1 is 1.50 bits per heavy atom. The van der Waals surface area contributed by atoms with Crippen molar-refractivity contribution >= 4 is 27.5 Å². The summed E-state index contributed by atoms with van der Waals surface area (Å²) in [7, 11) is 0. The molecule has 0 atom stereocenters. The second-order valence-corrected chi connectivity index (χ2v) is 5.48. The highest BCUT2D eigenvalue weighted by Crippen LogP contribution is 2.23. The zero-order chi connectivity index (χ0) is 12.3. The monoisotopic (exact) mass is 284 g/mol. The minimum Gasteiger partial charge on any atom is -0.326 e. The van der Waals surface area contributed by atoms with Crippen LogP contribution in [0.1, 0.15) is 25.8 Å². The van der Waals surface area contributed by atoms with Crippen molar-refractivity contribution in [2.75, 3.05) is 5.32 Å². The quantitative estimate of drug-likeness (QED) is 0.897. The molecule has 0 aliphatic heterocycles. The van der Waals surface area contributed by atoms with Crippen LogP contribution in [0.5, 0.6) is 0 Å². The van der Waals surface area contributed by atoms with E-state index in [-0.39, 0.29) is 5.91 Å². The van der Waals surface area contributed by atoms with Gasteiger partial charge in [0.1, 0.15) is 0 Å². The molecule has 88 valence electrons. The molecule has 0 saturated heterocycles. The number of carbonyl (C=O) groups excluding carboxylic acids is 1. The van der Waals surface area contributed by atoms with E-state index in [0.717, 1.165) is 15.7 Å². The number of benzene rings is 1. The van der Waals surface area contributed by atoms with Crippen LogP contribution in [0.3, 0.4) is 0 Å². The zero-order valence-corrected chi connectivity index (χ0v) is 11.4. The summed E-state index contributed by atoms with van der Waals surface area (Å²) in [5, 5.41) is 2.86. The third-order valence-electron chi connectivity index (χ3n) is 2.16. The van der Waals surface area contributed by atoms with Crippen molar-refractivity contribution in [1.29, 1.82) is 0 Å². The van der Waals surface area contributed by atoms with Gasteiger partial charge in [-0.2, -0.15) is 0 Å². The van der Waals surface area contributed by atoms with E-state index in [0.29, 0.717) is 6.42 Å². The average Bonchev–Trinajstić information content (AvgIpc) is 2.09. The molecule has 0 radical (unpaired) electrons. The molecular formula is C12H17BrN2O. The maximum absolute atomic E-state index is 11.7. The van der Waals surface area contributed by atoms with Crippen LogP contribution in [0.15, 0.2) is 22.7 Å². The van der Waals surface area contributed by atoms with Crippen LogP contribution in [-0.4, -0.2) is 11.4 Å². The van der Waals surface area contributed by atoms with Gasteiger partial charge in [0.2, 0.25) is 5.91 Å². The molecule has 0 unspecified atom stereocenters. The molecule has 0 spiro atoms. The molecule has 1 rings (SSSR count). The molecule has 0 bridgehead atoms. The van der Waals surface area contributed by atoms with Crippen molar-refractivity contribution in [2.24, 2.45) is 5.73 Å². The fourth-order valence-corrected chi connectivity index (χ4v) is 1.72. The molecule has 1 aromatic carbocycles. The molecule has 16 heavy (non-hydrogen) atoms. The molecule has 0 aliphatic carbocycles. The SMILES string of the molecule is Cc1c(Br)cccc1NC(=O)CC(C)(C)N. The number of rotatable bonds is 3. The van der Waals surface area contributed by atoms with Gasteiger partial charge in [-0.25, -0.2) is 0 Å². The van der Waals surface area contributed by atoms with Gasteiger partial charge in [-0.1, -0.05) is 22.0 Å². The predicted molar refractivity (Wildman–Crippen MR) is 70.4 cm³/mol. The Kier molecular flexibility index (Phi) is 4.10. The first-order valence-corrected chi connectivity index (χ1v) is 5.93. The van der Waals surface area contributed by atoms with E-state index in [4.69, 9.17) is 5.73 Å². The lowest BCUT2D eigenvalue weighted by Crippen LogP contribution is -2.36. The fourth-order valence-electron chi connectivity index (χ4n) is 1.35. The largest absolute Gasteiger partial charge is 0.326 e. The number of anilines is 1. The van der Waals surface area contributed by atoms with Gasteiger partial charge in [0, 0.05) is 22.1 Å². The number of hydrogen-bond donors (Lipinski definition) is 2. The zero-order valence-electron chi connectivity index (χ0n) is 9.80. The standard InChI is InChI=1S/C12H17BrN2O/c1-8-9(13)5-4-6-10(8)15-11(16)7-12(2,3)14/h4-6H,7,14H2,1-3H3,(H,15,16). The van der Waals surface area contributed by atoms with Gasteiger partial charge in [0.25, 0.3) is 0 Å². The smallest absolute Gasteiger partial charge is 0.226 e. The number of halogens is 1. The summed E-state index contributed by atoms with van der Waals surface area (Å²) >= 11 is 3.42. The summed E-state index contributed by atoms with van der Waals surface area (Å²) in [4.78, 5) is 11.7. The van der Waals surface area contributed by atoms with Crippen molar-refractivity contribution in [3.63, 3.8) is 0 Å². The molecule has 3 nitrogen and oxygen atoms in total. The van der Waals surface area contributed by atoms with Crippen LogP contribution in [0.25, 0.3) is 0 Å². The number of nitrogens with one attached hydrogen (secondary N) is 1. The van der Waals surface area contributed by atoms with E-state index >= 15 is 0 Å². The minimum absolute atomic E-state index is 0.0614. The molecule has 3 N–H and O–H groups in total. The van der Waals surface area contributed by atoms with Gasteiger partial charge in [0.15, 0.2) is 0 Å². The Morgan fingerprint density at radius 2 is 2.12 bits per heavy atom. The van der Waals surface area contributed by atoms with E-state index in [2.05, 4.69) is 21.2 Å². The van der Waals surface area contributed by atoms with Crippen LogP contribution in [0.2, 0.25) is 0 Å². The van der Waals surface area contributed by atoms with Gasteiger partial charge in [-0.05, 0) is 38.5 Å². The van der Waals surface area contributed by atoms with E-state index < -0.39 is 5.54 Å². The van der Waals surface area contributed by atoms with Gasteiger partial charge in [-0.3, -0.25) is 4.79 Å². The van der Waals surface area contributed by atoms with E-state index in [1.54, 1.807) is 0 Å². The Hall–Kier alpha value is -0.870. The van der Waals surface area contributed by atoms with Crippen molar-refractivity contribution in [3.8, 4) is 0 Å². The second-order valence-electron chi connectivity index (χ2n) is 4.63. The summed E-state index contributed by atoms with van der Waals surface area (Å²) < 4.78 is 0.984. The fraction of sp³-hybridized carbons (Fsp3) is 0.417. The molecule has 0 fully saturated rings. The van der Waals surface area contributed by atoms with Crippen molar-refractivity contribution in [1.82, 2.24) is 0 Å². The first-order valence-electron chi connectivity index (χ1n) is 5.13. The van der Waals surface area contributed by atoms with Crippen LogP contribution < -0.4 is 11.1 Å². The van der Waals surface area contributed by atoms with Crippen molar-refractivity contribution in [3.05, 3.63) is 28.2 Å². The average molecular weight is 285 g/mol. The first-order chi connectivity index (χ1) is 7.29. The van der Waals surface area contributed by atoms with E-state index in [9.17, 15) is 4.79 Å². The minimum atomic E-state index is -0.482. The highest BCUT2D eigenvalue weighted by Gasteiger charge is 2.16. The lowest BCUT2D eigenvalue weighted by atomic mass is 10.0. The maximum atomic E-state index is 11.7. The molecule has 0 aliphatic rings. The highest BCUT2D eigenvalue weighted by molar-refractivity contribution is 9.10. The number of carbonyl (C=O) groups is 1. The maximum Gasteiger partial charge on any atom is 0.226 e. The normalized spacial score (nSPS) is 11.3. The summed E-state index contributed by atoms with van der Waals surface area (Å²) in [5.74, 6) is -0.0614. The topological polar surface area (TPSA) is 55.1 Å². The molecule has 0 saturated carbocycles. The van der Waals surface area contributed by atoms with Crippen molar-refractivity contribution in [2.45, 2.75) is 32.7 Å². The Labute approximate surface area is 105 Å². The lowest BCUT2D eigenvalue weighted by molar-refractivity contribution is -0.117. The van der Waals surface area contributed by atoms with E-state index in [1.165, 1.54) is 0 Å². The Balaban J connectivity index is 2.74. The molecule has 1 aromatic rings. The van der Waals surface area contributed by atoms with Crippen LogP contribution >= 0.6 is 15.9 Å². The Bertz CT molecular complexity index is 396. The van der Waals surface area contributed by atoms with Crippen LogP contribution in [0, 0.1) is 6.92 Å². The van der Waals surface area contributed by atoms with Gasteiger partial charge < -0.3 is 11.1 Å².